The van der Waals surface area contributed by atoms with Crippen molar-refractivity contribution in [3.8, 4) is 0 Å². The molecule has 5 aliphatic rings. The monoisotopic (exact) mass is 667 g/mol. The second-order valence-corrected chi connectivity index (χ2v) is 10.3. The number of nitrogens with zero attached hydrogens (tertiary/aromatic N) is 3. The Morgan fingerprint density at radius 3 is 1.82 bits per heavy atom. The minimum atomic E-state index is 0. The molecule has 0 spiro atoms. The summed E-state index contributed by atoms with van der Waals surface area (Å²) in [5.74, 6) is 0. The highest BCUT2D eigenvalue weighted by Gasteiger charge is 2.10. The van der Waals surface area contributed by atoms with Crippen LogP contribution < -0.4 is 10.2 Å². The van der Waals surface area contributed by atoms with Gasteiger partial charge in [0.1, 0.15) is 0 Å². The van der Waals surface area contributed by atoms with Gasteiger partial charge in [0.15, 0.2) is 0 Å². The van der Waals surface area contributed by atoms with E-state index < -0.39 is 0 Å². The second-order valence-electron chi connectivity index (χ2n) is 10.3. The Kier molecular flexibility index (Phi) is 28.3. The predicted octanol–water partition coefficient (Wildman–Crippen LogP) is 12.6. The Morgan fingerprint density at radius 1 is 0.612 bits per heavy atom. The molecular formula is C45H70N4. The van der Waals surface area contributed by atoms with Crippen LogP contribution in [0.25, 0.3) is 12.2 Å². The third kappa shape index (κ3) is 17.5. The number of likely N-dealkylation sites (N-methyl/N-ethyl adjacent to an activating group) is 1. The molecule has 0 atom stereocenters. The van der Waals surface area contributed by atoms with Gasteiger partial charge in [0.2, 0.25) is 0 Å². The number of allylic oxidation sites excluding steroid dienone is 8. The summed E-state index contributed by atoms with van der Waals surface area (Å²) in [6.45, 7) is 20.2. The molecule has 4 aliphatic heterocycles. The fraction of sp³-hybridized carbons (Fsp3) is 0.378. The van der Waals surface area contributed by atoms with Crippen molar-refractivity contribution in [1.82, 2.24) is 15.1 Å². The van der Waals surface area contributed by atoms with Crippen molar-refractivity contribution in [2.24, 2.45) is 0 Å². The van der Waals surface area contributed by atoms with Crippen LogP contribution in [0.15, 0.2) is 133 Å². The molecule has 7 rings (SSSR count). The lowest BCUT2D eigenvalue weighted by Crippen LogP contribution is -2.19. The molecule has 4 heteroatoms. The average Bonchev–Trinajstić information content (AvgIpc) is 3.16. The van der Waals surface area contributed by atoms with Crippen molar-refractivity contribution in [3.05, 3.63) is 149 Å². The molecule has 0 radical (unpaired) electrons. The lowest BCUT2D eigenvalue weighted by Gasteiger charge is -2.22. The summed E-state index contributed by atoms with van der Waals surface area (Å²) in [4.78, 5) is 6.46. The molecule has 0 aromatic heterocycles. The third-order valence-electron chi connectivity index (χ3n) is 6.99. The minimum Gasteiger partial charge on any atom is -0.376 e. The van der Waals surface area contributed by atoms with Gasteiger partial charge < -0.3 is 20.0 Å². The van der Waals surface area contributed by atoms with E-state index in [4.69, 9.17) is 0 Å². The zero-order valence-electron chi connectivity index (χ0n) is 32.3. The van der Waals surface area contributed by atoms with E-state index in [0.717, 1.165) is 25.9 Å². The maximum Gasteiger partial charge on any atom is 0.0439 e. The third-order valence-corrected chi connectivity index (χ3v) is 6.99. The standard InChI is InChI=1S/3C10H11N.C6H9N.4C2H6.CH4/c1-11-8-4-6-9-5-2-3-7-10(9)11;1-8-6-11-7-9-4-2-3-5-10(8)9;1-11-7-6-9-4-2-3-5-10(9)8-11;1-7-5-3-2-4-6-7;4*1-2;/h2-7H,8H2,1H3;2,4-7,11H,3H2,1H3;2-7H,8H2,1H3;3-6H,2H2,1H3;4*1-2H3;1H4. The molecule has 2 aromatic rings. The fourth-order valence-corrected chi connectivity index (χ4v) is 4.80. The number of nitrogens with one attached hydrogen (secondary N) is 1. The molecule has 270 valence electrons. The van der Waals surface area contributed by atoms with Crippen molar-refractivity contribution in [2.45, 2.75) is 89.1 Å². The van der Waals surface area contributed by atoms with Crippen LogP contribution in [0.2, 0.25) is 0 Å². The van der Waals surface area contributed by atoms with E-state index in [2.05, 4.69) is 152 Å². The number of anilines is 1. The quantitative estimate of drug-likeness (QED) is 0.302. The number of dihydropyridines is 1. The normalized spacial score (nSPS) is 14.4. The van der Waals surface area contributed by atoms with Crippen molar-refractivity contribution >= 4 is 17.8 Å². The summed E-state index contributed by atoms with van der Waals surface area (Å²) in [5, 5.41) is 3.12. The van der Waals surface area contributed by atoms with E-state index in [1.165, 1.54) is 39.1 Å². The first-order chi connectivity index (χ1) is 23.5. The van der Waals surface area contributed by atoms with Crippen molar-refractivity contribution in [1.29, 1.82) is 0 Å². The van der Waals surface area contributed by atoms with Crippen LogP contribution in [0.3, 0.4) is 0 Å². The van der Waals surface area contributed by atoms with Gasteiger partial charge in [-0.05, 0) is 83.9 Å². The maximum atomic E-state index is 3.12. The van der Waals surface area contributed by atoms with Crippen molar-refractivity contribution in [2.75, 3.05) is 32.6 Å². The molecular weight excluding hydrogens is 597 g/mol. The number of fused-ring (bicyclic) bond motifs is 3. The highest BCUT2D eigenvalue weighted by Crippen LogP contribution is 2.26. The van der Waals surface area contributed by atoms with Gasteiger partial charge in [0.05, 0.1) is 0 Å². The van der Waals surface area contributed by atoms with E-state index in [0.29, 0.717) is 0 Å². The Hall–Kier alpha value is -4.44. The molecule has 0 unspecified atom stereocenters. The fourth-order valence-electron chi connectivity index (χ4n) is 4.80. The minimum absolute atomic E-state index is 0. The summed E-state index contributed by atoms with van der Waals surface area (Å²) in [7, 11) is 6.22. The molecule has 0 fully saturated rings. The van der Waals surface area contributed by atoms with Crippen LogP contribution in [-0.4, -0.2) is 37.5 Å². The van der Waals surface area contributed by atoms with Gasteiger partial charge in [0.25, 0.3) is 0 Å². The van der Waals surface area contributed by atoms with Gasteiger partial charge >= 0.3 is 0 Å². The average molecular weight is 667 g/mol. The Bertz CT molecular complexity index is 1370. The van der Waals surface area contributed by atoms with Crippen LogP contribution >= 0.6 is 0 Å². The Labute approximate surface area is 303 Å². The number of hydrogen-bond donors (Lipinski definition) is 1. The van der Waals surface area contributed by atoms with Gasteiger partial charge in [-0.3, -0.25) is 0 Å². The van der Waals surface area contributed by atoms with Gasteiger partial charge in [-0.1, -0.05) is 148 Å². The van der Waals surface area contributed by atoms with Crippen LogP contribution in [0.4, 0.5) is 5.69 Å². The molecule has 0 amide bonds. The number of benzene rings is 2. The zero-order chi connectivity index (χ0) is 36.2. The first-order valence-electron chi connectivity index (χ1n) is 18.0. The van der Waals surface area contributed by atoms with Crippen molar-refractivity contribution < 1.29 is 0 Å². The van der Waals surface area contributed by atoms with E-state index >= 15 is 0 Å². The lowest BCUT2D eigenvalue weighted by molar-refractivity contribution is 0.448. The molecule has 0 saturated heterocycles. The van der Waals surface area contributed by atoms with E-state index in [1.54, 1.807) is 0 Å². The first kappa shape index (κ1) is 46.7. The summed E-state index contributed by atoms with van der Waals surface area (Å²) in [5.41, 5.74) is 9.42. The van der Waals surface area contributed by atoms with Gasteiger partial charge in [-0.15, -0.1) is 0 Å². The smallest absolute Gasteiger partial charge is 0.0439 e. The van der Waals surface area contributed by atoms with Gasteiger partial charge in [-0.25, -0.2) is 0 Å². The van der Waals surface area contributed by atoms with Crippen LogP contribution in [0.5, 0.6) is 0 Å². The molecule has 1 aliphatic carbocycles. The second kappa shape index (κ2) is 29.7. The van der Waals surface area contributed by atoms with Gasteiger partial charge in [0, 0.05) is 52.3 Å². The summed E-state index contributed by atoms with van der Waals surface area (Å²) in [6.07, 6.45) is 29.8. The highest BCUT2D eigenvalue weighted by molar-refractivity contribution is 5.70. The molecule has 49 heavy (non-hydrogen) atoms. The molecule has 2 aromatic carbocycles. The first-order valence-corrected chi connectivity index (χ1v) is 18.0. The Balaban J connectivity index is 0. The molecule has 0 bridgehead atoms. The number of hydrogen-bond acceptors (Lipinski definition) is 4. The lowest BCUT2D eigenvalue weighted by atomic mass is 9.93. The van der Waals surface area contributed by atoms with Crippen LogP contribution in [-0.2, 0) is 6.54 Å². The predicted molar refractivity (Wildman–Crippen MR) is 225 cm³/mol. The van der Waals surface area contributed by atoms with Crippen LogP contribution in [0, 0.1) is 0 Å². The summed E-state index contributed by atoms with van der Waals surface area (Å²) >= 11 is 0. The topological polar surface area (TPSA) is 21.8 Å². The summed E-state index contributed by atoms with van der Waals surface area (Å²) < 4.78 is 0. The SMILES string of the molecule is C.CC.CC.CC.CC.CC1=CNC=C2C=CCC=C12.CN1C=CCC=C1.CN1C=Cc2ccccc2C1.CN1CC=Cc2ccccc21. The van der Waals surface area contributed by atoms with E-state index in [9.17, 15) is 0 Å². The number of rotatable bonds is 0. The van der Waals surface area contributed by atoms with Crippen LogP contribution in [0.1, 0.15) is 99.3 Å². The molecule has 4 heterocycles. The van der Waals surface area contributed by atoms with Gasteiger partial charge in [-0.2, -0.15) is 0 Å². The number of para-hydroxylation sites is 1. The van der Waals surface area contributed by atoms with Crippen molar-refractivity contribution in [3.63, 3.8) is 0 Å². The Morgan fingerprint density at radius 2 is 1.22 bits per heavy atom. The largest absolute Gasteiger partial charge is 0.376 e. The highest BCUT2D eigenvalue weighted by atomic mass is 15.1. The molecule has 1 N–H and O–H groups in total. The van der Waals surface area contributed by atoms with E-state index in [-0.39, 0.29) is 7.43 Å². The molecule has 0 saturated carbocycles. The molecule has 4 nitrogen and oxygen atoms in total. The van der Waals surface area contributed by atoms with E-state index in [1.807, 2.05) is 79.7 Å². The maximum absolute atomic E-state index is 3.12. The zero-order valence-corrected chi connectivity index (χ0v) is 32.3. The summed E-state index contributed by atoms with van der Waals surface area (Å²) in [6, 6.07) is 16.9.